The first-order valence-corrected chi connectivity index (χ1v) is 9.33. The van der Waals surface area contributed by atoms with Crippen LogP contribution < -0.4 is 24.3 Å². The molecule has 0 saturated carbocycles. The summed E-state index contributed by atoms with van der Waals surface area (Å²) in [6.45, 7) is 0.865. The van der Waals surface area contributed by atoms with Crippen molar-refractivity contribution in [3.05, 3.63) is 47.2 Å². The number of carboxylic acid groups (broad SMARTS) is 1. The molecular weight excluding hydrogens is 388 g/mol. The van der Waals surface area contributed by atoms with E-state index < -0.39 is 5.97 Å². The summed E-state index contributed by atoms with van der Waals surface area (Å²) in [4.78, 5) is 11.9. The lowest BCUT2D eigenvalue weighted by Crippen LogP contribution is -2.16. The number of nitrogens with zero attached hydrogens (tertiary/aromatic N) is 1. The van der Waals surface area contributed by atoms with Crippen molar-refractivity contribution in [3.63, 3.8) is 0 Å². The molecule has 8 nitrogen and oxygen atoms in total. The topological polar surface area (TPSA) is 91.2 Å². The van der Waals surface area contributed by atoms with Crippen LogP contribution in [0.15, 0.2) is 30.3 Å². The molecule has 0 aliphatic carbocycles. The molecule has 8 heteroatoms. The molecule has 0 bridgehead atoms. The zero-order chi connectivity index (χ0) is 21.8. The van der Waals surface area contributed by atoms with E-state index in [2.05, 4.69) is 5.32 Å². The van der Waals surface area contributed by atoms with E-state index in [9.17, 15) is 9.90 Å². The van der Waals surface area contributed by atoms with E-state index in [1.165, 1.54) is 0 Å². The summed E-state index contributed by atoms with van der Waals surface area (Å²) in [5, 5.41) is 14.0. The predicted octanol–water partition coefficient (Wildman–Crippen LogP) is 3.20. The van der Waals surface area contributed by atoms with Gasteiger partial charge in [0.15, 0.2) is 11.5 Å². The smallest absolute Gasteiger partial charge is 0.352 e. The van der Waals surface area contributed by atoms with Crippen LogP contribution in [0.5, 0.6) is 23.0 Å². The molecule has 0 unspecified atom stereocenters. The summed E-state index contributed by atoms with van der Waals surface area (Å²) in [6.07, 6.45) is 0. The third-order valence-electron chi connectivity index (χ3n) is 5.07. The maximum atomic E-state index is 11.9. The molecule has 0 radical (unpaired) electrons. The average molecular weight is 414 g/mol. The van der Waals surface area contributed by atoms with Crippen molar-refractivity contribution < 1.29 is 28.8 Å². The Morgan fingerprint density at radius 3 is 2.17 bits per heavy atom. The van der Waals surface area contributed by atoms with Crippen LogP contribution in [0.1, 0.15) is 21.6 Å². The van der Waals surface area contributed by atoms with Gasteiger partial charge in [-0.15, -0.1) is 0 Å². The van der Waals surface area contributed by atoms with Crippen LogP contribution in [0, 0.1) is 0 Å². The zero-order valence-corrected chi connectivity index (χ0v) is 17.7. The highest BCUT2D eigenvalue weighted by atomic mass is 16.5. The van der Waals surface area contributed by atoms with Gasteiger partial charge >= 0.3 is 5.97 Å². The Morgan fingerprint density at radius 2 is 1.63 bits per heavy atom. The first-order chi connectivity index (χ1) is 14.4. The molecule has 3 rings (SSSR count). The Morgan fingerprint density at radius 1 is 0.967 bits per heavy atom. The van der Waals surface area contributed by atoms with Gasteiger partial charge in [-0.05, 0) is 29.8 Å². The molecule has 3 aromatic rings. The van der Waals surface area contributed by atoms with E-state index in [1.54, 1.807) is 40.1 Å². The summed E-state index contributed by atoms with van der Waals surface area (Å²) in [5.74, 6) is 1.36. The second kappa shape index (κ2) is 8.96. The molecule has 2 N–H and O–H groups in total. The van der Waals surface area contributed by atoms with Crippen LogP contribution in [-0.2, 0) is 20.1 Å². The molecule has 1 aromatic heterocycles. The summed E-state index contributed by atoms with van der Waals surface area (Å²) >= 11 is 0. The summed E-state index contributed by atoms with van der Waals surface area (Å²) in [6, 6.07) is 9.28. The van der Waals surface area contributed by atoms with Gasteiger partial charge in [0, 0.05) is 37.2 Å². The van der Waals surface area contributed by atoms with Crippen molar-refractivity contribution in [2.45, 2.75) is 13.1 Å². The average Bonchev–Trinajstić information content (AvgIpc) is 3.04. The number of aromatic carboxylic acids is 1. The Labute approximate surface area is 174 Å². The number of hydrogen-bond acceptors (Lipinski definition) is 6. The van der Waals surface area contributed by atoms with Gasteiger partial charge in [-0.25, -0.2) is 4.79 Å². The zero-order valence-electron chi connectivity index (χ0n) is 17.7. The summed E-state index contributed by atoms with van der Waals surface area (Å²) in [7, 11) is 8.02. The van der Waals surface area contributed by atoms with Crippen molar-refractivity contribution in [3.8, 4) is 23.0 Å². The molecule has 0 atom stereocenters. The third kappa shape index (κ3) is 3.86. The maximum Gasteiger partial charge on any atom is 0.352 e. The van der Waals surface area contributed by atoms with Gasteiger partial charge in [-0.3, -0.25) is 0 Å². The molecule has 0 fully saturated rings. The van der Waals surface area contributed by atoms with Crippen molar-refractivity contribution in [2.75, 3.05) is 28.4 Å². The molecule has 0 amide bonds. The van der Waals surface area contributed by atoms with Gasteiger partial charge in [0.05, 0.1) is 34.0 Å². The number of benzene rings is 2. The fourth-order valence-corrected chi connectivity index (χ4v) is 3.64. The van der Waals surface area contributed by atoms with E-state index in [0.717, 1.165) is 22.0 Å². The predicted molar refractivity (Wildman–Crippen MR) is 113 cm³/mol. The van der Waals surface area contributed by atoms with Crippen molar-refractivity contribution in [2.24, 2.45) is 7.05 Å². The second-order valence-electron chi connectivity index (χ2n) is 6.71. The van der Waals surface area contributed by atoms with Crippen molar-refractivity contribution in [1.82, 2.24) is 9.88 Å². The monoisotopic (exact) mass is 414 g/mol. The Hall–Kier alpha value is -3.39. The van der Waals surface area contributed by atoms with Gasteiger partial charge < -0.3 is 33.9 Å². The lowest BCUT2D eigenvalue weighted by Gasteiger charge is -2.14. The number of carbonyl (C=O) groups is 1. The largest absolute Gasteiger partial charge is 0.497 e. The molecule has 2 aromatic carbocycles. The maximum absolute atomic E-state index is 11.9. The van der Waals surface area contributed by atoms with E-state index in [0.29, 0.717) is 36.1 Å². The fraction of sp³-hybridized carbons (Fsp3) is 0.318. The van der Waals surface area contributed by atoms with Crippen LogP contribution in [-0.4, -0.2) is 44.1 Å². The van der Waals surface area contributed by atoms with E-state index >= 15 is 0 Å². The van der Waals surface area contributed by atoms with Gasteiger partial charge in [0.1, 0.15) is 11.4 Å². The number of fused-ring (bicyclic) bond motifs is 1. The number of carboxylic acids is 1. The minimum Gasteiger partial charge on any atom is -0.497 e. The SMILES string of the molecule is COc1ccc2c(CNCc3cc(OC)c(OC)c(OC)c3)c(C(=O)O)n(C)c2c1. The molecular formula is C22H26N2O6. The standard InChI is InChI=1S/C22H26N2O6/c1-24-17-10-14(27-2)6-7-15(17)16(20(24)22(25)26)12-23-11-13-8-18(28-3)21(30-5)19(9-13)29-4/h6-10,23H,11-12H2,1-5H3,(H,25,26). The van der Waals surface area contributed by atoms with Gasteiger partial charge in [-0.2, -0.15) is 0 Å². The van der Waals surface area contributed by atoms with E-state index in [-0.39, 0.29) is 5.69 Å². The molecule has 0 aliphatic heterocycles. The van der Waals surface area contributed by atoms with Crippen LogP contribution in [0.25, 0.3) is 10.9 Å². The molecule has 0 aliphatic rings. The normalized spacial score (nSPS) is 10.8. The van der Waals surface area contributed by atoms with Gasteiger partial charge in [0.25, 0.3) is 0 Å². The molecule has 0 spiro atoms. The number of nitrogens with one attached hydrogen (secondary N) is 1. The molecule has 1 heterocycles. The fourth-order valence-electron chi connectivity index (χ4n) is 3.64. The highest BCUT2D eigenvalue weighted by Gasteiger charge is 2.21. The first-order valence-electron chi connectivity index (χ1n) is 9.33. The van der Waals surface area contributed by atoms with Gasteiger partial charge in [-0.1, -0.05) is 0 Å². The summed E-state index contributed by atoms with van der Waals surface area (Å²) < 4.78 is 23.1. The van der Waals surface area contributed by atoms with E-state index in [1.807, 2.05) is 30.3 Å². The minimum absolute atomic E-state index is 0.246. The lowest BCUT2D eigenvalue weighted by molar-refractivity contribution is 0.0685. The highest BCUT2D eigenvalue weighted by molar-refractivity contribution is 5.98. The quantitative estimate of drug-likeness (QED) is 0.556. The third-order valence-corrected chi connectivity index (χ3v) is 5.07. The number of rotatable bonds is 9. The summed E-state index contributed by atoms with van der Waals surface area (Å²) in [5.41, 5.74) is 2.69. The van der Waals surface area contributed by atoms with E-state index in [4.69, 9.17) is 18.9 Å². The molecule has 0 saturated heterocycles. The number of aromatic nitrogens is 1. The Balaban J connectivity index is 1.89. The number of aryl methyl sites for hydroxylation is 1. The van der Waals surface area contributed by atoms with Crippen molar-refractivity contribution >= 4 is 16.9 Å². The molecule has 160 valence electrons. The number of hydrogen-bond donors (Lipinski definition) is 2. The number of ether oxygens (including phenoxy) is 4. The lowest BCUT2D eigenvalue weighted by atomic mass is 10.1. The van der Waals surface area contributed by atoms with Crippen LogP contribution in [0.2, 0.25) is 0 Å². The Kier molecular flexibility index (Phi) is 6.37. The van der Waals surface area contributed by atoms with Crippen LogP contribution >= 0.6 is 0 Å². The van der Waals surface area contributed by atoms with Crippen LogP contribution in [0.4, 0.5) is 0 Å². The number of methoxy groups -OCH3 is 4. The Bertz CT molecular complexity index is 1050. The highest BCUT2D eigenvalue weighted by Crippen LogP contribution is 2.38. The molecule has 30 heavy (non-hydrogen) atoms. The van der Waals surface area contributed by atoms with Gasteiger partial charge in [0.2, 0.25) is 5.75 Å². The second-order valence-corrected chi connectivity index (χ2v) is 6.71. The minimum atomic E-state index is -0.975. The first kappa shape index (κ1) is 21.3. The van der Waals surface area contributed by atoms with Crippen molar-refractivity contribution in [1.29, 1.82) is 0 Å². The van der Waals surface area contributed by atoms with Crippen LogP contribution in [0.3, 0.4) is 0 Å².